The van der Waals surface area contributed by atoms with Gasteiger partial charge in [0.15, 0.2) is 0 Å². The van der Waals surface area contributed by atoms with Gasteiger partial charge >= 0.3 is 5.97 Å². The van der Waals surface area contributed by atoms with E-state index in [-0.39, 0.29) is 0 Å². The van der Waals surface area contributed by atoms with Crippen LogP contribution in [0.25, 0.3) is 28.0 Å². The number of fused-ring (bicyclic) bond motifs is 1. The van der Waals surface area contributed by atoms with Crippen molar-refractivity contribution in [2.75, 3.05) is 7.11 Å². The summed E-state index contributed by atoms with van der Waals surface area (Å²) in [6.07, 6.45) is 2.67. The normalized spacial score (nSPS) is 11.1. The van der Waals surface area contributed by atoms with Gasteiger partial charge in [-0.2, -0.15) is 11.3 Å². The van der Waals surface area contributed by atoms with Gasteiger partial charge in [-0.3, -0.25) is 0 Å². The summed E-state index contributed by atoms with van der Waals surface area (Å²) in [4.78, 5) is 10.7. The van der Waals surface area contributed by atoms with Crippen LogP contribution in [0.1, 0.15) is 11.1 Å². The Hall–Kier alpha value is -3.57. The molecule has 0 aliphatic carbocycles. The van der Waals surface area contributed by atoms with Gasteiger partial charge in [-0.1, -0.05) is 18.2 Å². The fourth-order valence-corrected chi connectivity index (χ4v) is 4.06. The molecular formula is C25H20O4S. The molecule has 5 heteroatoms. The summed E-state index contributed by atoms with van der Waals surface area (Å²) in [5.41, 5.74) is 4.09. The van der Waals surface area contributed by atoms with Crippen molar-refractivity contribution >= 4 is 34.2 Å². The van der Waals surface area contributed by atoms with Crippen LogP contribution < -0.4 is 9.47 Å². The third-order valence-electron chi connectivity index (χ3n) is 4.82. The fraction of sp³-hybridized carbons (Fsp3) is 0.0800. The molecule has 4 aromatic rings. The zero-order chi connectivity index (χ0) is 21.1. The van der Waals surface area contributed by atoms with Crippen LogP contribution in [0.3, 0.4) is 0 Å². The standard InChI is InChI=1S/C25H20O4S/c1-16-13-19-14-21(28-2)8-9-22(19)25(24(16)18-11-12-30-15-18)29-20-6-3-17(4-7-20)5-10-23(26)27/h3-15H,1-2H3,(H,26,27). The highest BCUT2D eigenvalue weighted by atomic mass is 32.1. The number of hydrogen-bond donors (Lipinski definition) is 1. The van der Waals surface area contributed by atoms with Gasteiger partial charge in [0.05, 0.1) is 7.11 Å². The molecule has 150 valence electrons. The highest BCUT2D eigenvalue weighted by Crippen LogP contribution is 2.43. The summed E-state index contributed by atoms with van der Waals surface area (Å²) in [5, 5.41) is 15.0. The van der Waals surface area contributed by atoms with E-state index in [9.17, 15) is 4.79 Å². The molecule has 30 heavy (non-hydrogen) atoms. The van der Waals surface area contributed by atoms with Crippen molar-refractivity contribution in [1.82, 2.24) is 0 Å². The first-order chi connectivity index (χ1) is 14.5. The highest BCUT2D eigenvalue weighted by Gasteiger charge is 2.16. The molecule has 1 aromatic heterocycles. The predicted molar refractivity (Wildman–Crippen MR) is 122 cm³/mol. The van der Waals surface area contributed by atoms with Crippen LogP contribution >= 0.6 is 11.3 Å². The number of hydrogen-bond acceptors (Lipinski definition) is 4. The van der Waals surface area contributed by atoms with Gasteiger partial charge in [0.1, 0.15) is 17.2 Å². The van der Waals surface area contributed by atoms with Crippen molar-refractivity contribution in [3.05, 3.63) is 82.6 Å². The van der Waals surface area contributed by atoms with Crippen LogP contribution in [0, 0.1) is 6.92 Å². The number of aliphatic carboxylic acids is 1. The molecular weight excluding hydrogens is 396 g/mol. The van der Waals surface area contributed by atoms with Crippen LogP contribution in [0.4, 0.5) is 0 Å². The molecule has 0 aliphatic rings. The van der Waals surface area contributed by atoms with Crippen molar-refractivity contribution in [2.24, 2.45) is 0 Å². The molecule has 4 nitrogen and oxygen atoms in total. The summed E-state index contributed by atoms with van der Waals surface area (Å²) in [6.45, 7) is 2.08. The monoisotopic (exact) mass is 416 g/mol. The number of aryl methyl sites for hydroxylation is 1. The molecule has 0 saturated carbocycles. The minimum Gasteiger partial charge on any atom is -0.497 e. The Kier molecular flexibility index (Phi) is 5.55. The smallest absolute Gasteiger partial charge is 0.328 e. The van der Waals surface area contributed by atoms with Crippen LogP contribution in [-0.2, 0) is 4.79 Å². The van der Waals surface area contributed by atoms with Crippen molar-refractivity contribution in [3.63, 3.8) is 0 Å². The van der Waals surface area contributed by atoms with E-state index < -0.39 is 5.97 Å². The maximum absolute atomic E-state index is 10.7. The average molecular weight is 416 g/mol. The van der Waals surface area contributed by atoms with Gasteiger partial charge < -0.3 is 14.6 Å². The van der Waals surface area contributed by atoms with E-state index >= 15 is 0 Å². The predicted octanol–water partition coefficient (Wildman–Crippen LogP) is 6.78. The van der Waals surface area contributed by atoms with E-state index in [1.807, 2.05) is 42.5 Å². The molecule has 0 bridgehead atoms. The molecule has 0 amide bonds. The molecule has 0 unspecified atom stereocenters. The number of rotatable bonds is 6. The number of thiophene rings is 1. The van der Waals surface area contributed by atoms with Crippen LogP contribution in [0.5, 0.6) is 17.2 Å². The third kappa shape index (κ3) is 4.07. The second kappa shape index (κ2) is 8.43. The third-order valence-corrected chi connectivity index (χ3v) is 5.51. The molecule has 1 N–H and O–H groups in total. The largest absolute Gasteiger partial charge is 0.497 e. The fourth-order valence-electron chi connectivity index (χ4n) is 3.42. The van der Waals surface area contributed by atoms with Crippen LogP contribution in [0.15, 0.2) is 71.4 Å². The lowest BCUT2D eigenvalue weighted by atomic mass is 9.96. The van der Waals surface area contributed by atoms with E-state index in [0.717, 1.165) is 50.6 Å². The molecule has 4 rings (SSSR count). The molecule has 1 heterocycles. The Morgan fingerprint density at radius 3 is 2.47 bits per heavy atom. The average Bonchev–Trinajstić information content (AvgIpc) is 3.27. The molecule has 3 aromatic carbocycles. The summed E-state index contributed by atoms with van der Waals surface area (Å²) in [5.74, 6) is 1.30. The maximum atomic E-state index is 10.7. The molecule has 0 saturated heterocycles. The number of ether oxygens (including phenoxy) is 2. The lowest BCUT2D eigenvalue weighted by Crippen LogP contribution is -1.94. The van der Waals surface area contributed by atoms with Crippen LogP contribution in [0.2, 0.25) is 0 Å². The van der Waals surface area contributed by atoms with Crippen molar-refractivity contribution < 1.29 is 19.4 Å². The minimum atomic E-state index is -0.975. The zero-order valence-corrected chi connectivity index (χ0v) is 17.4. The SMILES string of the molecule is COc1ccc2c(Oc3ccc(C=CC(=O)O)cc3)c(-c3ccsc3)c(C)cc2c1. The first kappa shape index (κ1) is 19.7. The second-order valence-corrected chi connectivity index (χ2v) is 7.62. The molecule has 0 atom stereocenters. The van der Waals surface area contributed by atoms with Gasteiger partial charge in [0, 0.05) is 17.0 Å². The van der Waals surface area contributed by atoms with Crippen molar-refractivity contribution in [3.8, 4) is 28.4 Å². The maximum Gasteiger partial charge on any atom is 0.328 e. The Labute approximate surface area is 178 Å². The van der Waals surface area contributed by atoms with Gasteiger partial charge in [-0.05, 0) is 82.2 Å². The van der Waals surface area contributed by atoms with E-state index in [2.05, 4.69) is 29.8 Å². The topological polar surface area (TPSA) is 55.8 Å². The number of carboxylic acids is 1. The van der Waals surface area contributed by atoms with Crippen molar-refractivity contribution in [2.45, 2.75) is 6.92 Å². The molecule has 0 spiro atoms. The van der Waals surface area contributed by atoms with Gasteiger partial charge in [-0.25, -0.2) is 4.79 Å². The summed E-state index contributed by atoms with van der Waals surface area (Å²) in [7, 11) is 1.66. The quantitative estimate of drug-likeness (QED) is 0.352. The number of methoxy groups -OCH3 is 1. The molecule has 0 radical (unpaired) electrons. The second-order valence-electron chi connectivity index (χ2n) is 6.84. The number of carboxylic acid groups (broad SMARTS) is 1. The number of carbonyl (C=O) groups is 1. The zero-order valence-electron chi connectivity index (χ0n) is 16.6. The van der Waals surface area contributed by atoms with E-state index in [1.165, 1.54) is 0 Å². The van der Waals surface area contributed by atoms with E-state index in [1.54, 1.807) is 24.5 Å². The van der Waals surface area contributed by atoms with E-state index in [4.69, 9.17) is 14.6 Å². The van der Waals surface area contributed by atoms with E-state index in [0.29, 0.717) is 5.75 Å². The first-order valence-corrected chi connectivity index (χ1v) is 10.3. The first-order valence-electron chi connectivity index (χ1n) is 9.38. The summed E-state index contributed by atoms with van der Waals surface area (Å²) >= 11 is 1.65. The lowest BCUT2D eigenvalue weighted by Gasteiger charge is -2.17. The van der Waals surface area contributed by atoms with Gasteiger partial charge in [0.25, 0.3) is 0 Å². The van der Waals surface area contributed by atoms with Gasteiger partial charge in [0.2, 0.25) is 0 Å². The Morgan fingerprint density at radius 2 is 1.80 bits per heavy atom. The molecule has 0 fully saturated rings. The Balaban J connectivity index is 1.81. The minimum absolute atomic E-state index is 0.682. The lowest BCUT2D eigenvalue weighted by molar-refractivity contribution is -0.131. The number of benzene rings is 3. The summed E-state index contributed by atoms with van der Waals surface area (Å²) < 4.78 is 11.8. The summed E-state index contributed by atoms with van der Waals surface area (Å²) in [6, 6.07) is 17.6. The Morgan fingerprint density at radius 1 is 1.03 bits per heavy atom. The molecule has 0 aliphatic heterocycles. The Bertz CT molecular complexity index is 1220. The van der Waals surface area contributed by atoms with Crippen LogP contribution in [-0.4, -0.2) is 18.2 Å². The highest BCUT2D eigenvalue weighted by molar-refractivity contribution is 7.08. The van der Waals surface area contributed by atoms with Crippen molar-refractivity contribution in [1.29, 1.82) is 0 Å². The van der Waals surface area contributed by atoms with Gasteiger partial charge in [-0.15, -0.1) is 0 Å².